The average Bonchev–Trinajstić information content (AvgIpc) is 2.09. The van der Waals surface area contributed by atoms with Gasteiger partial charge in [0.2, 0.25) is 0 Å². The van der Waals surface area contributed by atoms with Crippen molar-refractivity contribution in [2.75, 3.05) is 13.1 Å². The third-order valence-corrected chi connectivity index (χ3v) is 2.89. The first-order valence-corrected chi connectivity index (χ1v) is 5.90. The van der Waals surface area contributed by atoms with Crippen molar-refractivity contribution in [3.63, 3.8) is 0 Å². The first-order chi connectivity index (χ1) is 6.79. The Labute approximate surface area is 95.5 Å². The molecule has 0 spiro atoms. The highest BCUT2D eigenvalue weighted by molar-refractivity contribution is 4.83. The Morgan fingerprint density at radius 2 is 1.87 bits per heavy atom. The summed E-state index contributed by atoms with van der Waals surface area (Å²) in [4.78, 5) is 2.42. The summed E-state index contributed by atoms with van der Waals surface area (Å²) in [5.41, 5.74) is 6.25. The summed E-state index contributed by atoms with van der Waals surface area (Å²) in [6.45, 7) is 16.9. The summed E-state index contributed by atoms with van der Waals surface area (Å²) in [6.07, 6.45) is 3.02. The highest BCUT2D eigenvalue weighted by atomic mass is 15.2. The van der Waals surface area contributed by atoms with E-state index in [4.69, 9.17) is 5.73 Å². The molecular weight excluding hydrogens is 184 g/mol. The smallest absolute Gasteiger partial charge is 0.0165 e. The maximum absolute atomic E-state index is 6.05. The van der Waals surface area contributed by atoms with Crippen molar-refractivity contribution in [1.29, 1.82) is 0 Å². The molecule has 0 radical (unpaired) electrons. The fourth-order valence-corrected chi connectivity index (χ4v) is 1.49. The predicted molar refractivity (Wildman–Crippen MR) is 69.0 cm³/mol. The van der Waals surface area contributed by atoms with Crippen molar-refractivity contribution < 1.29 is 0 Å². The summed E-state index contributed by atoms with van der Waals surface area (Å²) in [5, 5.41) is 0. The number of hydrogen-bond acceptors (Lipinski definition) is 2. The fourth-order valence-electron chi connectivity index (χ4n) is 1.49. The van der Waals surface area contributed by atoms with Crippen LogP contribution in [0, 0.1) is 5.92 Å². The zero-order valence-corrected chi connectivity index (χ0v) is 11.1. The normalized spacial score (nSPS) is 14.7. The number of rotatable bonds is 6. The lowest BCUT2D eigenvalue weighted by Gasteiger charge is -2.35. The van der Waals surface area contributed by atoms with Gasteiger partial charge in [0.15, 0.2) is 0 Å². The largest absolute Gasteiger partial charge is 0.327 e. The summed E-state index contributed by atoms with van der Waals surface area (Å²) < 4.78 is 0. The molecule has 90 valence electrons. The Bertz CT molecular complexity index is 179. The lowest BCUT2D eigenvalue weighted by Crippen LogP contribution is -2.44. The Morgan fingerprint density at radius 3 is 2.20 bits per heavy atom. The van der Waals surface area contributed by atoms with Gasteiger partial charge >= 0.3 is 0 Å². The van der Waals surface area contributed by atoms with Crippen LogP contribution in [0.1, 0.15) is 41.0 Å². The summed E-state index contributed by atoms with van der Waals surface area (Å²) in [7, 11) is 0. The standard InChI is InChI=1S/C13H28N2/c1-7-9-15(13(4,5)6)10-8-12(14)11(2)3/h7,11-12H,1,8-10,14H2,2-6H3. The quantitative estimate of drug-likeness (QED) is 0.686. The minimum Gasteiger partial charge on any atom is -0.327 e. The topological polar surface area (TPSA) is 29.3 Å². The van der Waals surface area contributed by atoms with Gasteiger partial charge in [-0.1, -0.05) is 19.9 Å². The van der Waals surface area contributed by atoms with Crippen molar-refractivity contribution in [2.24, 2.45) is 11.7 Å². The van der Waals surface area contributed by atoms with E-state index in [0.29, 0.717) is 12.0 Å². The minimum absolute atomic E-state index is 0.199. The highest BCUT2D eigenvalue weighted by Crippen LogP contribution is 2.15. The van der Waals surface area contributed by atoms with Gasteiger partial charge in [0.25, 0.3) is 0 Å². The van der Waals surface area contributed by atoms with E-state index in [0.717, 1.165) is 19.5 Å². The van der Waals surface area contributed by atoms with Crippen LogP contribution in [0.15, 0.2) is 12.7 Å². The molecule has 0 aliphatic heterocycles. The van der Waals surface area contributed by atoms with E-state index < -0.39 is 0 Å². The Morgan fingerprint density at radius 1 is 1.33 bits per heavy atom. The molecule has 1 atom stereocenters. The van der Waals surface area contributed by atoms with Crippen LogP contribution in [0.2, 0.25) is 0 Å². The van der Waals surface area contributed by atoms with Gasteiger partial charge in [-0.25, -0.2) is 0 Å². The molecule has 0 rings (SSSR count). The van der Waals surface area contributed by atoms with E-state index >= 15 is 0 Å². The molecule has 0 aromatic carbocycles. The first kappa shape index (κ1) is 14.7. The molecule has 0 aromatic rings. The summed E-state index contributed by atoms with van der Waals surface area (Å²) in [5.74, 6) is 0.565. The van der Waals surface area contributed by atoms with Gasteiger partial charge in [0.05, 0.1) is 0 Å². The van der Waals surface area contributed by atoms with Gasteiger partial charge in [0, 0.05) is 24.7 Å². The second kappa shape index (κ2) is 6.29. The van der Waals surface area contributed by atoms with Crippen LogP contribution in [-0.2, 0) is 0 Å². The zero-order valence-electron chi connectivity index (χ0n) is 11.1. The number of hydrogen-bond donors (Lipinski definition) is 1. The van der Waals surface area contributed by atoms with Crippen molar-refractivity contribution in [1.82, 2.24) is 4.90 Å². The Hall–Kier alpha value is -0.340. The Balaban J connectivity index is 4.13. The van der Waals surface area contributed by atoms with E-state index in [2.05, 4.69) is 46.1 Å². The van der Waals surface area contributed by atoms with Gasteiger partial charge in [-0.2, -0.15) is 0 Å². The first-order valence-electron chi connectivity index (χ1n) is 5.90. The van der Waals surface area contributed by atoms with Gasteiger partial charge in [-0.3, -0.25) is 4.90 Å². The number of nitrogens with zero attached hydrogens (tertiary/aromatic N) is 1. The molecular formula is C13H28N2. The molecule has 0 saturated heterocycles. The molecule has 0 aliphatic carbocycles. The van der Waals surface area contributed by atoms with Crippen molar-refractivity contribution in [2.45, 2.75) is 52.6 Å². The maximum Gasteiger partial charge on any atom is 0.0165 e. The number of nitrogens with two attached hydrogens (primary N) is 1. The van der Waals surface area contributed by atoms with E-state index in [1.807, 2.05) is 6.08 Å². The molecule has 0 fully saturated rings. The second-order valence-corrected chi connectivity index (χ2v) is 5.60. The van der Waals surface area contributed by atoms with Crippen molar-refractivity contribution in [3.05, 3.63) is 12.7 Å². The van der Waals surface area contributed by atoms with Crippen LogP contribution in [-0.4, -0.2) is 29.6 Å². The highest BCUT2D eigenvalue weighted by Gasteiger charge is 2.20. The van der Waals surface area contributed by atoms with Crippen LogP contribution in [0.3, 0.4) is 0 Å². The second-order valence-electron chi connectivity index (χ2n) is 5.60. The summed E-state index contributed by atoms with van der Waals surface area (Å²) >= 11 is 0. The lowest BCUT2D eigenvalue weighted by molar-refractivity contribution is 0.146. The SMILES string of the molecule is C=CCN(CCC(N)C(C)C)C(C)(C)C. The monoisotopic (exact) mass is 212 g/mol. The maximum atomic E-state index is 6.05. The van der Waals surface area contributed by atoms with Crippen LogP contribution < -0.4 is 5.73 Å². The van der Waals surface area contributed by atoms with Crippen molar-refractivity contribution in [3.8, 4) is 0 Å². The van der Waals surface area contributed by atoms with Crippen LogP contribution in [0.4, 0.5) is 0 Å². The van der Waals surface area contributed by atoms with Gasteiger partial charge in [-0.15, -0.1) is 6.58 Å². The molecule has 0 aliphatic rings. The fraction of sp³-hybridized carbons (Fsp3) is 0.846. The molecule has 0 amide bonds. The van der Waals surface area contributed by atoms with Gasteiger partial charge in [0.1, 0.15) is 0 Å². The zero-order chi connectivity index (χ0) is 12.1. The average molecular weight is 212 g/mol. The minimum atomic E-state index is 0.199. The third-order valence-electron chi connectivity index (χ3n) is 2.89. The van der Waals surface area contributed by atoms with Crippen molar-refractivity contribution >= 4 is 0 Å². The van der Waals surface area contributed by atoms with Gasteiger partial charge < -0.3 is 5.73 Å². The van der Waals surface area contributed by atoms with Gasteiger partial charge in [-0.05, 0) is 33.1 Å². The van der Waals surface area contributed by atoms with E-state index in [-0.39, 0.29) is 5.54 Å². The molecule has 0 saturated carbocycles. The van der Waals surface area contributed by atoms with Crippen LogP contribution >= 0.6 is 0 Å². The molecule has 0 bridgehead atoms. The molecule has 2 N–H and O–H groups in total. The Kier molecular flexibility index (Phi) is 6.15. The molecule has 2 nitrogen and oxygen atoms in total. The molecule has 2 heteroatoms. The van der Waals surface area contributed by atoms with Crippen LogP contribution in [0.5, 0.6) is 0 Å². The predicted octanol–water partition coefficient (Wildman–Crippen LogP) is 2.65. The lowest BCUT2D eigenvalue weighted by atomic mass is 9.99. The molecule has 0 aromatic heterocycles. The molecule has 0 heterocycles. The van der Waals surface area contributed by atoms with Crippen LogP contribution in [0.25, 0.3) is 0 Å². The van der Waals surface area contributed by atoms with E-state index in [1.165, 1.54) is 0 Å². The molecule has 15 heavy (non-hydrogen) atoms. The summed E-state index contributed by atoms with van der Waals surface area (Å²) in [6, 6.07) is 0.305. The third kappa shape index (κ3) is 5.95. The van der Waals surface area contributed by atoms with E-state index in [9.17, 15) is 0 Å². The van der Waals surface area contributed by atoms with E-state index in [1.54, 1.807) is 0 Å². The molecule has 1 unspecified atom stereocenters.